The van der Waals surface area contributed by atoms with Crippen molar-refractivity contribution in [2.45, 2.75) is 19.6 Å². The molecule has 1 atom stereocenters. The number of hydrogen-bond donors (Lipinski definition) is 0. The zero-order chi connectivity index (χ0) is 16.9. The van der Waals surface area contributed by atoms with Crippen LogP contribution in [0.4, 0.5) is 0 Å². The first kappa shape index (κ1) is 16.9. The number of benzene rings is 1. The molecular weight excluding hydrogens is 332 g/mol. The maximum atomic E-state index is 12.2. The Morgan fingerprint density at radius 2 is 2.21 bits per heavy atom. The number of hydrogen-bond acceptors (Lipinski definition) is 6. The van der Waals surface area contributed by atoms with Gasteiger partial charge in [-0.05, 0) is 30.8 Å². The van der Waals surface area contributed by atoms with Crippen LogP contribution in [0.3, 0.4) is 0 Å². The second-order valence-corrected chi connectivity index (χ2v) is 5.89. The fraction of sp³-hybridized carbons (Fsp3) is 0.438. The van der Waals surface area contributed by atoms with Crippen molar-refractivity contribution in [3.05, 3.63) is 41.2 Å². The topological polar surface area (TPSA) is 69.5 Å². The lowest BCUT2D eigenvalue weighted by molar-refractivity contribution is -0.157. The highest BCUT2D eigenvalue weighted by Gasteiger charge is 2.29. The zero-order valence-electron chi connectivity index (χ0n) is 13.4. The summed E-state index contributed by atoms with van der Waals surface area (Å²) >= 11 is 5.87. The molecule has 24 heavy (non-hydrogen) atoms. The number of carbonyl (C=O) groups excluding carboxylic acids is 1. The average Bonchev–Trinajstić information content (AvgIpc) is 3.09. The van der Waals surface area contributed by atoms with Gasteiger partial charge in [-0.25, -0.2) is 4.68 Å². The molecule has 0 saturated carbocycles. The largest absolute Gasteiger partial charge is 0.458 e. The van der Waals surface area contributed by atoms with E-state index in [2.05, 4.69) is 15.2 Å². The Balaban J connectivity index is 1.59. The molecule has 1 aliphatic rings. The maximum Gasteiger partial charge on any atom is 0.326 e. The standard InChI is InChI=1S/C16H19ClN4O3/c1-2-20-7-8-23-11-15(20)16(22)24-10-13-9-21(19-18-13)14-5-3-12(17)4-6-14/h3-6,9,15H,2,7-8,10-11H2,1H3. The smallest absolute Gasteiger partial charge is 0.326 e. The monoisotopic (exact) mass is 350 g/mol. The van der Waals surface area contributed by atoms with Gasteiger partial charge in [0.25, 0.3) is 0 Å². The Morgan fingerprint density at radius 1 is 1.42 bits per heavy atom. The minimum Gasteiger partial charge on any atom is -0.458 e. The molecule has 7 nitrogen and oxygen atoms in total. The molecule has 0 amide bonds. The fourth-order valence-corrected chi connectivity index (χ4v) is 2.69. The summed E-state index contributed by atoms with van der Waals surface area (Å²) in [6.07, 6.45) is 1.73. The van der Waals surface area contributed by atoms with Crippen LogP contribution in [0.5, 0.6) is 0 Å². The molecule has 0 aliphatic carbocycles. The molecule has 1 aliphatic heterocycles. The third kappa shape index (κ3) is 3.92. The number of ether oxygens (including phenoxy) is 2. The Morgan fingerprint density at radius 3 is 2.96 bits per heavy atom. The molecule has 1 aromatic heterocycles. The van der Waals surface area contributed by atoms with Crippen molar-refractivity contribution in [2.75, 3.05) is 26.3 Å². The van der Waals surface area contributed by atoms with E-state index >= 15 is 0 Å². The second-order valence-electron chi connectivity index (χ2n) is 5.46. The lowest BCUT2D eigenvalue weighted by Gasteiger charge is -2.32. The van der Waals surface area contributed by atoms with Crippen molar-refractivity contribution in [3.63, 3.8) is 0 Å². The van der Waals surface area contributed by atoms with Gasteiger partial charge in [0, 0.05) is 11.6 Å². The van der Waals surface area contributed by atoms with Crippen molar-refractivity contribution in [3.8, 4) is 5.69 Å². The summed E-state index contributed by atoms with van der Waals surface area (Å²) in [6, 6.07) is 6.88. The average molecular weight is 351 g/mol. The molecule has 2 heterocycles. The minimum atomic E-state index is -0.352. The third-order valence-electron chi connectivity index (χ3n) is 3.91. The highest BCUT2D eigenvalue weighted by atomic mass is 35.5. The first-order valence-corrected chi connectivity index (χ1v) is 8.20. The van der Waals surface area contributed by atoms with E-state index in [4.69, 9.17) is 21.1 Å². The summed E-state index contributed by atoms with van der Waals surface area (Å²) in [4.78, 5) is 14.3. The Labute approximate surface area is 145 Å². The minimum absolute atomic E-state index is 0.0838. The SMILES string of the molecule is CCN1CCOCC1C(=O)OCc1cn(-c2ccc(Cl)cc2)nn1. The van der Waals surface area contributed by atoms with Gasteiger partial charge in [-0.15, -0.1) is 5.10 Å². The van der Waals surface area contributed by atoms with Crippen LogP contribution in [0.1, 0.15) is 12.6 Å². The van der Waals surface area contributed by atoms with Gasteiger partial charge in [-0.1, -0.05) is 23.7 Å². The highest BCUT2D eigenvalue weighted by Crippen LogP contribution is 2.13. The molecular formula is C16H19ClN4O3. The highest BCUT2D eigenvalue weighted by molar-refractivity contribution is 6.30. The predicted molar refractivity (Wildman–Crippen MR) is 88.0 cm³/mol. The van der Waals surface area contributed by atoms with Crippen LogP contribution in [0.25, 0.3) is 5.69 Å². The van der Waals surface area contributed by atoms with E-state index in [1.165, 1.54) is 0 Å². The second kappa shape index (κ2) is 7.74. The van der Waals surface area contributed by atoms with Gasteiger partial charge < -0.3 is 9.47 Å². The lowest BCUT2D eigenvalue weighted by atomic mass is 10.2. The molecule has 1 unspecified atom stereocenters. The van der Waals surface area contributed by atoms with Crippen molar-refractivity contribution in [1.29, 1.82) is 0 Å². The molecule has 0 radical (unpaired) electrons. The van der Waals surface area contributed by atoms with Crippen LogP contribution >= 0.6 is 11.6 Å². The molecule has 1 aromatic carbocycles. The van der Waals surface area contributed by atoms with E-state index in [0.717, 1.165) is 18.8 Å². The molecule has 1 fully saturated rings. The molecule has 1 saturated heterocycles. The van der Waals surface area contributed by atoms with Crippen molar-refractivity contribution >= 4 is 17.6 Å². The van der Waals surface area contributed by atoms with E-state index in [9.17, 15) is 4.79 Å². The Kier molecular flexibility index (Phi) is 5.44. The Hall–Kier alpha value is -1.96. The number of carbonyl (C=O) groups is 1. The fourth-order valence-electron chi connectivity index (χ4n) is 2.56. The van der Waals surface area contributed by atoms with Gasteiger partial charge >= 0.3 is 5.97 Å². The van der Waals surface area contributed by atoms with Gasteiger partial charge in [0.1, 0.15) is 18.3 Å². The first-order valence-electron chi connectivity index (χ1n) is 7.83. The third-order valence-corrected chi connectivity index (χ3v) is 4.16. The molecule has 0 N–H and O–H groups in total. The van der Waals surface area contributed by atoms with Crippen molar-refractivity contribution in [2.24, 2.45) is 0 Å². The lowest BCUT2D eigenvalue weighted by Crippen LogP contribution is -2.50. The molecule has 0 spiro atoms. The van der Waals surface area contributed by atoms with Gasteiger partial charge in [-0.2, -0.15) is 0 Å². The van der Waals surface area contributed by atoms with Crippen LogP contribution in [-0.4, -0.2) is 58.2 Å². The molecule has 8 heteroatoms. The molecule has 2 aromatic rings. The Bertz CT molecular complexity index is 689. The van der Waals surface area contributed by atoms with Crippen molar-refractivity contribution < 1.29 is 14.3 Å². The summed E-state index contributed by atoms with van der Waals surface area (Å²) < 4.78 is 12.4. The van der Waals surface area contributed by atoms with Gasteiger partial charge in [0.05, 0.1) is 25.1 Å². The van der Waals surface area contributed by atoms with Crippen LogP contribution < -0.4 is 0 Å². The summed E-state index contributed by atoms with van der Waals surface area (Å²) in [7, 11) is 0. The zero-order valence-corrected chi connectivity index (χ0v) is 14.1. The van der Waals surface area contributed by atoms with Crippen molar-refractivity contribution in [1.82, 2.24) is 19.9 Å². The summed E-state index contributed by atoms with van der Waals surface area (Å²) in [5, 5.41) is 8.72. The van der Waals surface area contributed by atoms with Gasteiger partial charge in [0.2, 0.25) is 0 Å². The first-order chi connectivity index (χ1) is 11.7. The molecule has 3 rings (SSSR count). The summed E-state index contributed by atoms with van der Waals surface area (Å²) in [5.41, 5.74) is 1.42. The van der Waals surface area contributed by atoms with Gasteiger partial charge in [-0.3, -0.25) is 9.69 Å². The van der Waals surface area contributed by atoms with E-state index in [1.807, 2.05) is 19.1 Å². The van der Waals surface area contributed by atoms with Gasteiger partial charge in [0.15, 0.2) is 0 Å². The maximum absolute atomic E-state index is 12.2. The number of esters is 1. The van der Waals surface area contributed by atoms with Crippen LogP contribution in [0.15, 0.2) is 30.5 Å². The van der Waals surface area contributed by atoms with E-state index in [0.29, 0.717) is 23.9 Å². The number of nitrogens with zero attached hydrogens (tertiary/aromatic N) is 4. The molecule has 128 valence electrons. The van der Waals surface area contributed by atoms with E-state index < -0.39 is 0 Å². The number of morpholine rings is 1. The number of likely N-dealkylation sites (N-methyl/N-ethyl adjacent to an activating group) is 1. The van der Waals surface area contributed by atoms with Crippen LogP contribution in [0, 0.1) is 0 Å². The quantitative estimate of drug-likeness (QED) is 0.764. The summed E-state index contributed by atoms with van der Waals surface area (Å²) in [6.45, 7) is 4.64. The normalized spacial score (nSPS) is 18.5. The predicted octanol–water partition coefficient (Wildman–Crippen LogP) is 1.68. The van der Waals surface area contributed by atoms with E-state index in [-0.39, 0.29) is 18.6 Å². The summed E-state index contributed by atoms with van der Waals surface area (Å²) in [5.74, 6) is -0.294. The van der Waals surface area contributed by atoms with Crippen LogP contribution in [-0.2, 0) is 20.9 Å². The number of aromatic nitrogens is 3. The number of halogens is 1. The number of rotatable bonds is 5. The van der Waals surface area contributed by atoms with Crippen LogP contribution in [0.2, 0.25) is 5.02 Å². The van der Waals surface area contributed by atoms with E-state index in [1.54, 1.807) is 23.0 Å². The molecule has 0 bridgehead atoms.